The number of methoxy groups -OCH3 is 1. The van der Waals surface area contributed by atoms with E-state index in [1.807, 2.05) is 0 Å². The van der Waals surface area contributed by atoms with Gasteiger partial charge < -0.3 is 10.1 Å². The van der Waals surface area contributed by atoms with Crippen molar-refractivity contribution < 1.29 is 4.74 Å². The van der Waals surface area contributed by atoms with Crippen LogP contribution in [0.5, 0.6) is 0 Å². The zero-order chi connectivity index (χ0) is 11.5. The Labute approximate surface area is 106 Å². The van der Waals surface area contributed by atoms with Gasteiger partial charge >= 0.3 is 0 Å². The van der Waals surface area contributed by atoms with Crippen LogP contribution in [-0.4, -0.2) is 13.2 Å². The molecule has 16 heavy (non-hydrogen) atoms. The van der Waals surface area contributed by atoms with Crippen LogP contribution < -0.4 is 5.32 Å². The summed E-state index contributed by atoms with van der Waals surface area (Å²) in [6.45, 7) is 2.95. The van der Waals surface area contributed by atoms with Crippen LogP contribution in [0.1, 0.15) is 25.3 Å². The normalized spacial score (nSPS) is 23.9. The summed E-state index contributed by atoms with van der Waals surface area (Å²) in [6, 6.07) is 6.89. The molecule has 1 fully saturated rings. The van der Waals surface area contributed by atoms with E-state index < -0.39 is 0 Å². The fourth-order valence-corrected chi connectivity index (χ4v) is 2.71. The smallest absolute Gasteiger partial charge is 0.0744 e. The van der Waals surface area contributed by atoms with Gasteiger partial charge in [0, 0.05) is 28.9 Å². The maximum Gasteiger partial charge on any atom is 0.0744 e. The highest BCUT2D eigenvalue weighted by Crippen LogP contribution is 2.32. The highest BCUT2D eigenvalue weighted by Gasteiger charge is 2.25. The molecule has 1 N–H and O–H groups in total. The summed E-state index contributed by atoms with van der Waals surface area (Å²) in [7, 11) is 1.73. The molecule has 0 atom stereocenters. The molecule has 0 aliphatic heterocycles. The van der Waals surface area contributed by atoms with Crippen LogP contribution in [-0.2, 0) is 11.3 Å². The molecular formula is C13H18BrNO. The van der Waals surface area contributed by atoms with Crippen molar-refractivity contribution >= 4 is 21.6 Å². The van der Waals surface area contributed by atoms with Crippen molar-refractivity contribution in [2.75, 3.05) is 12.4 Å². The predicted octanol–water partition coefficient (Wildman–Crippen LogP) is 3.81. The van der Waals surface area contributed by atoms with E-state index in [0.29, 0.717) is 12.6 Å². The van der Waals surface area contributed by atoms with Gasteiger partial charge in [0.2, 0.25) is 0 Å². The monoisotopic (exact) mass is 283 g/mol. The molecule has 1 aromatic carbocycles. The SMILES string of the molecule is COCc1c(Br)cccc1NC1CC(C)C1. The maximum atomic E-state index is 5.23. The average Bonchev–Trinajstić information content (AvgIpc) is 2.21. The number of halogens is 1. The second-order valence-corrected chi connectivity index (χ2v) is 5.47. The third-order valence-electron chi connectivity index (χ3n) is 3.14. The summed E-state index contributed by atoms with van der Waals surface area (Å²) in [6.07, 6.45) is 2.55. The molecule has 3 heteroatoms. The lowest BCUT2D eigenvalue weighted by Gasteiger charge is -2.34. The Morgan fingerprint density at radius 3 is 2.81 bits per heavy atom. The van der Waals surface area contributed by atoms with E-state index in [2.05, 4.69) is 46.4 Å². The zero-order valence-corrected chi connectivity index (χ0v) is 11.4. The number of benzene rings is 1. The number of nitrogens with one attached hydrogen (secondary N) is 1. The molecular weight excluding hydrogens is 266 g/mol. The van der Waals surface area contributed by atoms with Crippen LogP contribution in [0.4, 0.5) is 5.69 Å². The lowest BCUT2D eigenvalue weighted by Crippen LogP contribution is -2.34. The lowest BCUT2D eigenvalue weighted by molar-refractivity contribution is 0.184. The zero-order valence-electron chi connectivity index (χ0n) is 9.79. The molecule has 0 radical (unpaired) electrons. The molecule has 1 aliphatic rings. The van der Waals surface area contributed by atoms with Gasteiger partial charge in [-0.05, 0) is 30.9 Å². The molecule has 0 aromatic heterocycles. The topological polar surface area (TPSA) is 21.3 Å². The van der Waals surface area contributed by atoms with Crippen LogP contribution in [0.2, 0.25) is 0 Å². The molecule has 0 amide bonds. The molecule has 1 aromatic rings. The van der Waals surface area contributed by atoms with Gasteiger partial charge in [0.05, 0.1) is 6.61 Å². The lowest BCUT2D eigenvalue weighted by atomic mass is 9.81. The van der Waals surface area contributed by atoms with Crippen LogP contribution in [0, 0.1) is 5.92 Å². The number of rotatable bonds is 4. The van der Waals surface area contributed by atoms with Crippen molar-refractivity contribution in [2.45, 2.75) is 32.4 Å². The molecule has 2 nitrogen and oxygen atoms in total. The van der Waals surface area contributed by atoms with Gasteiger partial charge in [-0.15, -0.1) is 0 Å². The van der Waals surface area contributed by atoms with E-state index in [9.17, 15) is 0 Å². The molecule has 2 rings (SSSR count). The fraction of sp³-hybridized carbons (Fsp3) is 0.538. The third kappa shape index (κ3) is 2.58. The first-order valence-electron chi connectivity index (χ1n) is 5.73. The highest BCUT2D eigenvalue weighted by molar-refractivity contribution is 9.10. The van der Waals surface area contributed by atoms with Gasteiger partial charge in [-0.3, -0.25) is 0 Å². The van der Waals surface area contributed by atoms with Gasteiger partial charge in [0.1, 0.15) is 0 Å². The summed E-state index contributed by atoms with van der Waals surface area (Å²) in [5.41, 5.74) is 2.41. The Balaban J connectivity index is 2.09. The van der Waals surface area contributed by atoms with Crippen LogP contribution in [0.15, 0.2) is 22.7 Å². The summed E-state index contributed by atoms with van der Waals surface area (Å²) in [5.74, 6) is 0.871. The minimum Gasteiger partial charge on any atom is -0.382 e. The second kappa shape index (κ2) is 5.19. The standard InChI is InChI=1S/C13H18BrNO/c1-9-6-10(7-9)15-13-5-3-4-12(14)11(13)8-16-2/h3-5,9-10,15H,6-8H2,1-2H3. The first-order valence-corrected chi connectivity index (χ1v) is 6.53. The van der Waals surface area contributed by atoms with E-state index in [1.54, 1.807) is 7.11 Å². The molecule has 88 valence electrons. The quantitative estimate of drug-likeness (QED) is 0.908. The largest absolute Gasteiger partial charge is 0.382 e. The van der Waals surface area contributed by atoms with E-state index in [-0.39, 0.29) is 0 Å². The van der Waals surface area contributed by atoms with Crippen LogP contribution in [0.3, 0.4) is 0 Å². The van der Waals surface area contributed by atoms with Gasteiger partial charge in [0.25, 0.3) is 0 Å². The van der Waals surface area contributed by atoms with Gasteiger partial charge in [0.15, 0.2) is 0 Å². The molecule has 1 aliphatic carbocycles. The van der Waals surface area contributed by atoms with Crippen molar-refractivity contribution in [1.29, 1.82) is 0 Å². The van der Waals surface area contributed by atoms with Crippen molar-refractivity contribution in [3.63, 3.8) is 0 Å². The second-order valence-electron chi connectivity index (χ2n) is 4.62. The number of hydrogen-bond acceptors (Lipinski definition) is 2. The number of hydrogen-bond donors (Lipinski definition) is 1. The average molecular weight is 284 g/mol. The van der Waals surface area contributed by atoms with Crippen molar-refractivity contribution in [3.05, 3.63) is 28.2 Å². The highest BCUT2D eigenvalue weighted by atomic mass is 79.9. The van der Waals surface area contributed by atoms with Crippen LogP contribution in [0.25, 0.3) is 0 Å². The molecule has 0 bridgehead atoms. The van der Waals surface area contributed by atoms with Crippen LogP contribution >= 0.6 is 15.9 Å². The summed E-state index contributed by atoms with van der Waals surface area (Å²) in [5, 5.41) is 3.59. The summed E-state index contributed by atoms with van der Waals surface area (Å²) in [4.78, 5) is 0. The molecule has 0 unspecified atom stereocenters. The Kier molecular flexibility index (Phi) is 3.87. The third-order valence-corrected chi connectivity index (χ3v) is 3.88. The Morgan fingerprint density at radius 2 is 2.19 bits per heavy atom. The molecule has 0 spiro atoms. The van der Waals surface area contributed by atoms with Gasteiger partial charge in [-0.25, -0.2) is 0 Å². The Morgan fingerprint density at radius 1 is 1.44 bits per heavy atom. The van der Waals surface area contributed by atoms with Crippen molar-refractivity contribution in [2.24, 2.45) is 5.92 Å². The molecule has 0 saturated heterocycles. The van der Waals surface area contributed by atoms with Gasteiger partial charge in [-0.1, -0.05) is 28.9 Å². The minimum atomic E-state index is 0.639. The van der Waals surface area contributed by atoms with E-state index in [0.717, 1.165) is 10.4 Å². The van der Waals surface area contributed by atoms with Gasteiger partial charge in [-0.2, -0.15) is 0 Å². The predicted molar refractivity (Wildman–Crippen MR) is 70.7 cm³/mol. The number of anilines is 1. The van der Waals surface area contributed by atoms with Crippen molar-refractivity contribution in [3.8, 4) is 0 Å². The van der Waals surface area contributed by atoms with Crippen molar-refractivity contribution in [1.82, 2.24) is 0 Å². The minimum absolute atomic E-state index is 0.639. The van der Waals surface area contributed by atoms with E-state index >= 15 is 0 Å². The maximum absolute atomic E-state index is 5.23. The van der Waals surface area contributed by atoms with E-state index in [4.69, 9.17) is 4.74 Å². The summed E-state index contributed by atoms with van der Waals surface area (Å²) >= 11 is 3.57. The first-order chi connectivity index (χ1) is 7.70. The molecule has 1 saturated carbocycles. The molecule has 0 heterocycles. The summed E-state index contributed by atoms with van der Waals surface area (Å²) < 4.78 is 6.35. The Hall–Kier alpha value is -0.540. The Bertz CT molecular complexity index is 361. The fourth-order valence-electron chi connectivity index (χ4n) is 2.23. The van der Waals surface area contributed by atoms with E-state index in [1.165, 1.54) is 24.1 Å². The first kappa shape index (κ1) is 11.9. The number of ether oxygens (including phenoxy) is 1.